The summed E-state index contributed by atoms with van der Waals surface area (Å²) in [7, 11) is 0. The predicted octanol–water partition coefficient (Wildman–Crippen LogP) is 1.42. The lowest BCUT2D eigenvalue weighted by Crippen LogP contribution is -2.41. The molecule has 0 bridgehead atoms. The third-order valence-corrected chi connectivity index (χ3v) is 3.32. The lowest BCUT2D eigenvalue weighted by molar-refractivity contribution is -0.137. The van der Waals surface area contributed by atoms with Crippen LogP contribution in [0.25, 0.3) is 0 Å². The van der Waals surface area contributed by atoms with Crippen molar-refractivity contribution < 1.29 is 14.7 Å². The van der Waals surface area contributed by atoms with Crippen LogP contribution in [0.2, 0.25) is 0 Å². The normalized spacial score (nSPS) is 10.2. The van der Waals surface area contributed by atoms with E-state index in [0.29, 0.717) is 24.5 Å². The highest BCUT2D eigenvalue weighted by molar-refractivity contribution is 5.83. The van der Waals surface area contributed by atoms with Crippen molar-refractivity contribution in [1.29, 1.82) is 0 Å². The summed E-state index contributed by atoms with van der Waals surface area (Å²) in [6, 6.07) is 7.17. The number of likely N-dealkylation sites (N-methyl/N-ethyl adjacent to an activating group) is 1. The highest BCUT2D eigenvalue weighted by Crippen LogP contribution is 2.22. The Bertz CT molecular complexity index is 487. The lowest BCUT2D eigenvalue weighted by Gasteiger charge is -2.28. The molecule has 0 fully saturated rings. The molecule has 0 aliphatic rings. The SMILES string of the molecule is CCN(CC)C(=O)CN(CCC(=O)O)c1ccccc1N. The van der Waals surface area contributed by atoms with Gasteiger partial charge in [-0.15, -0.1) is 0 Å². The molecule has 6 heteroatoms. The molecule has 0 atom stereocenters. The van der Waals surface area contributed by atoms with E-state index in [4.69, 9.17) is 10.8 Å². The van der Waals surface area contributed by atoms with E-state index < -0.39 is 5.97 Å². The van der Waals surface area contributed by atoms with Crippen LogP contribution in [0.3, 0.4) is 0 Å². The number of anilines is 2. The molecule has 6 nitrogen and oxygen atoms in total. The van der Waals surface area contributed by atoms with Gasteiger partial charge in [0.25, 0.3) is 0 Å². The van der Waals surface area contributed by atoms with Gasteiger partial charge in [-0.1, -0.05) is 12.1 Å². The van der Waals surface area contributed by atoms with Gasteiger partial charge in [-0.25, -0.2) is 0 Å². The minimum absolute atomic E-state index is 0.0337. The molecule has 3 N–H and O–H groups in total. The lowest BCUT2D eigenvalue weighted by atomic mass is 10.2. The first-order chi connectivity index (χ1) is 9.99. The third-order valence-electron chi connectivity index (χ3n) is 3.32. The molecule has 0 radical (unpaired) electrons. The van der Waals surface area contributed by atoms with Gasteiger partial charge < -0.3 is 20.6 Å². The number of hydrogen-bond donors (Lipinski definition) is 2. The maximum absolute atomic E-state index is 12.2. The zero-order valence-corrected chi connectivity index (χ0v) is 12.6. The smallest absolute Gasteiger partial charge is 0.305 e. The summed E-state index contributed by atoms with van der Waals surface area (Å²) in [4.78, 5) is 26.5. The Morgan fingerprint density at radius 1 is 1.19 bits per heavy atom. The topological polar surface area (TPSA) is 86.9 Å². The van der Waals surface area contributed by atoms with Crippen LogP contribution in [0.15, 0.2) is 24.3 Å². The molecule has 0 saturated carbocycles. The van der Waals surface area contributed by atoms with Crippen LogP contribution in [-0.2, 0) is 9.59 Å². The molecule has 116 valence electrons. The second kappa shape index (κ2) is 8.14. The quantitative estimate of drug-likeness (QED) is 0.708. The summed E-state index contributed by atoms with van der Waals surface area (Å²) < 4.78 is 0. The molecule has 1 rings (SSSR count). The van der Waals surface area contributed by atoms with E-state index in [1.54, 1.807) is 28.0 Å². The summed E-state index contributed by atoms with van der Waals surface area (Å²) in [5.41, 5.74) is 7.16. The number of carboxylic acid groups (broad SMARTS) is 1. The summed E-state index contributed by atoms with van der Waals surface area (Å²) in [6.07, 6.45) is -0.0418. The number of carboxylic acids is 1. The van der Waals surface area contributed by atoms with E-state index in [-0.39, 0.29) is 25.4 Å². The number of nitrogen functional groups attached to an aromatic ring is 1. The van der Waals surface area contributed by atoms with E-state index >= 15 is 0 Å². The zero-order valence-electron chi connectivity index (χ0n) is 12.6. The van der Waals surface area contributed by atoms with Gasteiger partial charge in [-0.05, 0) is 26.0 Å². The maximum atomic E-state index is 12.2. The number of nitrogens with two attached hydrogens (primary N) is 1. The molecule has 0 aliphatic heterocycles. The Labute approximate surface area is 125 Å². The Morgan fingerprint density at radius 3 is 2.33 bits per heavy atom. The van der Waals surface area contributed by atoms with Crippen LogP contribution in [0, 0.1) is 0 Å². The maximum Gasteiger partial charge on any atom is 0.305 e. The molecule has 0 aromatic heterocycles. The van der Waals surface area contributed by atoms with Crippen LogP contribution >= 0.6 is 0 Å². The standard InChI is InChI=1S/C15H23N3O3/c1-3-17(4-2)14(19)11-18(10-9-15(20)21)13-8-6-5-7-12(13)16/h5-8H,3-4,9-11,16H2,1-2H3,(H,20,21). The van der Waals surface area contributed by atoms with Gasteiger partial charge in [-0.3, -0.25) is 9.59 Å². The van der Waals surface area contributed by atoms with Crippen molar-refractivity contribution in [3.05, 3.63) is 24.3 Å². The second-order valence-electron chi connectivity index (χ2n) is 4.69. The van der Waals surface area contributed by atoms with Gasteiger partial charge in [0.2, 0.25) is 5.91 Å². The average Bonchev–Trinajstić information content (AvgIpc) is 2.45. The Morgan fingerprint density at radius 2 is 1.81 bits per heavy atom. The number of carbonyl (C=O) groups is 2. The average molecular weight is 293 g/mol. The molecule has 0 aliphatic carbocycles. The van der Waals surface area contributed by atoms with Crippen LogP contribution in [-0.4, -0.2) is 48.1 Å². The van der Waals surface area contributed by atoms with Gasteiger partial charge in [0.15, 0.2) is 0 Å². The number of benzene rings is 1. The van der Waals surface area contributed by atoms with Gasteiger partial charge in [-0.2, -0.15) is 0 Å². The number of hydrogen-bond acceptors (Lipinski definition) is 4. The van der Waals surface area contributed by atoms with Crippen LogP contribution in [0.4, 0.5) is 11.4 Å². The van der Waals surface area contributed by atoms with Crippen LogP contribution in [0.1, 0.15) is 20.3 Å². The molecular formula is C15H23N3O3. The van der Waals surface area contributed by atoms with Crippen molar-refractivity contribution in [2.45, 2.75) is 20.3 Å². The highest BCUT2D eigenvalue weighted by atomic mass is 16.4. The van der Waals surface area contributed by atoms with Gasteiger partial charge in [0.1, 0.15) is 0 Å². The van der Waals surface area contributed by atoms with Gasteiger partial charge in [0.05, 0.1) is 24.3 Å². The number of carbonyl (C=O) groups excluding carboxylic acids is 1. The molecule has 21 heavy (non-hydrogen) atoms. The minimum Gasteiger partial charge on any atom is -0.481 e. The molecule has 0 spiro atoms. The van der Waals surface area contributed by atoms with Crippen molar-refractivity contribution in [3.8, 4) is 0 Å². The molecule has 1 aromatic carbocycles. The highest BCUT2D eigenvalue weighted by Gasteiger charge is 2.18. The van der Waals surface area contributed by atoms with Crippen molar-refractivity contribution in [3.63, 3.8) is 0 Å². The Hall–Kier alpha value is -2.24. The first-order valence-electron chi connectivity index (χ1n) is 7.08. The van der Waals surface area contributed by atoms with Crippen molar-refractivity contribution in [2.75, 3.05) is 36.8 Å². The summed E-state index contributed by atoms with van der Waals surface area (Å²) in [5.74, 6) is -0.932. The number of nitrogens with zero attached hydrogens (tertiary/aromatic N) is 2. The number of para-hydroxylation sites is 2. The zero-order chi connectivity index (χ0) is 15.8. The van der Waals surface area contributed by atoms with Crippen LogP contribution < -0.4 is 10.6 Å². The molecule has 1 aromatic rings. The van der Waals surface area contributed by atoms with E-state index in [0.717, 1.165) is 0 Å². The Kier molecular flexibility index (Phi) is 6.52. The Balaban J connectivity index is 2.90. The molecule has 0 saturated heterocycles. The van der Waals surface area contributed by atoms with E-state index in [1.165, 1.54) is 0 Å². The van der Waals surface area contributed by atoms with E-state index in [1.807, 2.05) is 19.9 Å². The fourth-order valence-corrected chi connectivity index (χ4v) is 2.13. The first-order valence-corrected chi connectivity index (χ1v) is 7.08. The van der Waals surface area contributed by atoms with Crippen molar-refractivity contribution in [2.24, 2.45) is 0 Å². The van der Waals surface area contributed by atoms with E-state index in [2.05, 4.69) is 0 Å². The number of aliphatic carboxylic acids is 1. The first kappa shape index (κ1) is 16.8. The summed E-state index contributed by atoms with van der Waals surface area (Å²) in [6.45, 7) is 5.47. The number of rotatable bonds is 8. The van der Waals surface area contributed by atoms with Gasteiger partial charge in [0, 0.05) is 19.6 Å². The van der Waals surface area contributed by atoms with Crippen molar-refractivity contribution >= 4 is 23.3 Å². The molecule has 0 unspecified atom stereocenters. The monoisotopic (exact) mass is 293 g/mol. The van der Waals surface area contributed by atoms with Crippen molar-refractivity contribution in [1.82, 2.24) is 4.90 Å². The largest absolute Gasteiger partial charge is 0.481 e. The fourth-order valence-electron chi connectivity index (χ4n) is 2.13. The van der Waals surface area contributed by atoms with Crippen LogP contribution in [0.5, 0.6) is 0 Å². The summed E-state index contributed by atoms with van der Waals surface area (Å²) in [5, 5.41) is 8.86. The second-order valence-corrected chi connectivity index (χ2v) is 4.69. The van der Waals surface area contributed by atoms with Gasteiger partial charge >= 0.3 is 5.97 Å². The molecule has 0 heterocycles. The molecular weight excluding hydrogens is 270 g/mol. The fraction of sp³-hybridized carbons (Fsp3) is 0.467. The van der Waals surface area contributed by atoms with E-state index in [9.17, 15) is 9.59 Å². The third kappa shape index (κ3) is 4.98. The summed E-state index contributed by atoms with van der Waals surface area (Å²) >= 11 is 0. The number of amides is 1. The minimum atomic E-state index is -0.898. The molecule has 1 amide bonds. The predicted molar refractivity (Wildman–Crippen MR) is 83.2 cm³/mol.